The lowest BCUT2D eigenvalue weighted by molar-refractivity contribution is -0.127. The summed E-state index contributed by atoms with van der Waals surface area (Å²) in [6, 6.07) is 9.15. The van der Waals surface area contributed by atoms with E-state index < -0.39 is 0 Å². The molecule has 8 nitrogen and oxygen atoms in total. The van der Waals surface area contributed by atoms with Gasteiger partial charge in [-0.2, -0.15) is 4.98 Å². The fourth-order valence-electron chi connectivity index (χ4n) is 4.68. The number of benzene rings is 1. The number of imidazole rings is 1. The molecule has 0 saturated carbocycles. The summed E-state index contributed by atoms with van der Waals surface area (Å²) in [4.78, 5) is 29.2. The summed E-state index contributed by atoms with van der Waals surface area (Å²) in [5.41, 5.74) is 1.75. The summed E-state index contributed by atoms with van der Waals surface area (Å²) < 4.78 is 5.93. The van der Waals surface area contributed by atoms with Crippen molar-refractivity contribution in [3.63, 3.8) is 0 Å². The first-order valence-corrected chi connectivity index (χ1v) is 10.9. The SMILES string of the molecule is O=C(NCc1ncc[nH]1)[C@@H]1CCCN(C2CCN(c3nc4ccccc4o3)CC2)C1. The summed E-state index contributed by atoms with van der Waals surface area (Å²) in [5.74, 6) is 0.992. The van der Waals surface area contributed by atoms with Gasteiger partial charge in [0.15, 0.2) is 5.58 Å². The number of rotatable bonds is 5. The summed E-state index contributed by atoms with van der Waals surface area (Å²) in [7, 11) is 0. The van der Waals surface area contributed by atoms with E-state index in [0.717, 1.165) is 74.8 Å². The van der Waals surface area contributed by atoms with Gasteiger partial charge in [0, 0.05) is 38.1 Å². The maximum Gasteiger partial charge on any atom is 0.298 e. The van der Waals surface area contributed by atoms with Crippen LogP contribution in [0, 0.1) is 5.92 Å². The zero-order chi connectivity index (χ0) is 20.3. The number of anilines is 1. The molecule has 2 saturated heterocycles. The number of H-pyrrole nitrogens is 1. The Labute approximate surface area is 175 Å². The lowest BCUT2D eigenvalue weighted by Crippen LogP contribution is -2.50. The van der Waals surface area contributed by atoms with Crippen LogP contribution in [0.5, 0.6) is 0 Å². The van der Waals surface area contributed by atoms with Crippen LogP contribution >= 0.6 is 0 Å². The minimum Gasteiger partial charge on any atom is -0.423 e. The first-order chi connectivity index (χ1) is 14.8. The third kappa shape index (κ3) is 4.05. The number of oxazole rings is 1. The Hall–Kier alpha value is -2.87. The number of nitrogens with one attached hydrogen (secondary N) is 2. The molecule has 30 heavy (non-hydrogen) atoms. The Kier molecular flexibility index (Phi) is 5.40. The molecule has 0 aliphatic carbocycles. The maximum absolute atomic E-state index is 12.6. The van der Waals surface area contributed by atoms with Crippen LogP contribution in [-0.2, 0) is 11.3 Å². The number of carbonyl (C=O) groups excluding carboxylic acids is 1. The van der Waals surface area contributed by atoms with Crippen molar-refractivity contribution in [2.45, 2.75) is 38.3 Å². The lowest BCUT2D eigenvalue weighted by Gasteiger charge is -2.41. The van der Waals surface area contributed by atoms with Gasteiger partial charge < -0.3 is 19.6 Å². The van der Waals surface area contributed by atoms with E-state index in [0.29, 0.717) is 12.6 Å². The minimum absolute atomic E-state index is 0.0591. The van der Waals surface area contributed by atoms with Gasteiger partial charge in [0.2, 0.25) is 5.91 Å². The highest BCUT2D eigenvalue weighted by molar-refractivity contribution is 5.78. The third-order valence-corrected chi connectivity index (χ3v) is 6.34. The molecule has 3 aromatic rings. The van der Waals surface area contributed by atoms with Crippen molar-refractivity contribution in [2.75, 3.05) is 31.1 Å². The minimum atomic E-state index is 0.0591. The van der Waals surface area contributed by atoms with Crippen molar-refractivity contribution in [3.8, 4) is 0 Å². The van der Waals surface area contributed by atoms with E-state index >= 15 is 0 Å². The highest BCUT2D eigenvalue weighted by atomic mass is 16.4. The molecule has 4 heterocycles. The molecule has 2 aliphatic rings. The van der Waals surface area contributed by atoms with Crippen molar-refractivity contribution in [2.24, 2.45) is 5.92 Å². The molecule has 2 N–H and O–H groups in total. The van der Waals surface area contributed by atoms with Gasteiger partial charge >= 0.3 is 0 Å². The van der Waals surface area contributed by atoms with Crippen molar-refractivity contribution < 1.29 is 9.21 Å². The van der Waals surface area contributed by atoms with Crippen molar-refractivity contribution in [1.29, 1.82) is 0 Å². The van der Waals surface area contributed by atoms with Crippen molar-refractivity contribution >= 4 is 23.0 Å². The predicted octanol–water partition coefficient (Wildman–Crippen LogP) is 2.55. The molecule has 1 aromatic carbocycles. The number of aromatic amines is 1. The Balaban J connectivity index is 1.14. The molecule has 2 aromatic heterocycles. The molecule has 0 bridgehead atoms. The van der Waals surface area contributed by atoms with Gasteiger partial charge in [0.1, 0.15) is 11.3 Å². The zero-order valence-electron chi connectivity index (χ0n) is 17.1. The third-order valence-electron chi connectivity index (χ3n) is 6.34. The second-order valence-electron chi connectivity index (χ2n) is 8.27. The molecular formula is C22H28N6O2. The second kappa shape index (κ2) is 8.47. The molecule has 0 spiro atoms. The number of hydrogen-bond acceptors (Lipinski definition) is 6. The van der Waals surface area contributed by atoms with Gasteiger partial charge in [-0.1, -0.05) is 12.1 Å². The first kappa shape index (κ1) is 19.1. The molecular weight excluding hydrogens is 380 g/mol. The van der Waals surface area contributed by atoms with Gasteiger partial charge in [-0.15, -0.1) is 0 Å². The quantitative estimate of drug-likeness (QED) is 0.674. The predicted molar refractivity (Wildman–Crippen MR) is 114 cm³/mol. The Morgan fingerprint density at radius 2 is 2.07 bits per heavy atom. The smallest absolute Gasteiger partial charge is 0.298 e. The van der Waals surface area contributed by atoms with E-state index in [4.69, 9.17) is 4.42 Å². The largest absolute Gasteiger partial charge is 0.423 e. The summed E-state index contributed by atoms with van der Waals surface area (Å²) >= 11 is 0. The van der Waals surface area contributed by atoms with Crippen molar-refractivity contribution in [1.82, 2.24) is 25.2 Å². The Morgan fingerprint density at radius 3 is 2.87 bits per heavy atom. The molecule has 2 aliphatic heterocycles. The van der Waals surface area contributed by atoms with E-state index in [2.05, 4.69) is 30.1 Å². The van der Waals surface area contributed by atoms with Crippen LogP contribution in [0.4, 0.5) is 6.01 Å². The van der Waals surface area contributed by atoms with Crippen LogP contribution in [0.3, 0.4) is 0 Å². The number of hydrogen-bond donors (Lipinski definition) is 2. The van der Waals surface area contributed by atoms with Crippen LogP contribution in [-0.4, -0.2) is 58.0 Å². The average molecular weight is 409 g/mol. The number of nitrogens with zero attached hydrogens (tertiary/aromatic N) is 4. The van der Waals surface area contributed by atoms with Gasteiger partial charge in [-0.05, 0) is 44.4 Å². The van der Waals surface area contributed by atoms with Crippen LogP contribution in [0.2, 0.25) is 0 Å². The fourth-order valence-corrected chi connectivity index (χ4v) is 4.68. The van der Waals surface area contributed by atoms with Gasteiger partial charge in [0.05, 0.1) is 12.5 Å². The second-order valence-corrected chi connectivity index (χ2v) is 8.27. The molecule has 0 radical (unpaired) electrons. The lowest BCUT2D eigenvalue weighted by atomic mass is 9.93. The number of fused-ring (bicyclic) bond motifs is 1. The van der Waals surface area contributed by atoms with E-state index in [9.17, 15) is 4.79 Å². The van der Waals surface area contributed by atoms with Gasteiger partial charge in [-0.3, -0.25) is 9.69 Å². The molecule has 2 fully saturated rings. The molecule has 8 heteroatoms. The number of carbonyl (C=O) groups is 1. The summed E-state index contributed by atoms with van der Waals surface area (Å²) in [5, 5.41) is 3.03. The highest BCUT2D eigenvalue weighted by Gasteiger charge is 2.32. The van der Waals surface area contributed by atoms with Crippen LogP contribution in [0.15, 0.2) is 41.1 Å². The number of para-hydroxylation sites is 2. The highest BCUT2D eigenvalue weighted by Crippen LogP contribution is 2.28. The number of aromatic nitrogens is 3. The molecule has 1 atom stereocenters. The van der Waals surface area contributed by atoms with E-state index in [1.54, 1.807) is 12.4 Å². The summed E-state index contributed by atoms with van der Waals surface area (Å²) in [6.45, 7) is 4.25. The topological polar surface area (TPSA) is 90.3 Å². The molecule has 158 valence electrons. The Morgan fingerprint density at radius 1 is 1.20 bits per heavy atom. The van der Waals surface area contributed by atoms with E-state index in [1.165, 1.54) is 0 Å². The van der Waals surface area contributed by atoms with Crippen LogP contribution in [0.25, 0.3) is 11.1 Å². The number of likely N-dealkylation sites (tertiary alicyclic amines) is 1. The zero-order valence-corrected chi connectivity index (χ0v) is 17.1. The first-order valence-electron chi connectivity index (χ1n) is 10.9. The molecule has 5 rings (SSSR count). The number of piperidine rings is 2. The van der Waals surface area contributed by atoms with Gasteiger partial charge in [0.25, 0.3) is 6.01 Å². The molecule has 0 unspecified atom stereocenters. The van der Waals surface area contributed by atoms with E-state index in [-0.39, 0.29) is 11.8 Å². The Bertz CT molecular complexity index is 944. The normalized spacial score (nSPS) is 21.2. The standard InChI is InChI=1S/C22H28N6O2/c29-21(25-14-20-23-9-10-24-20)16-4-3-11-28(15-16)17-7-12-27(13-8-17)22-26-18-5-1-2-6-19(18)30-22/h1-2,5-6,9-10,16-17H,3-4,7-8,11-15H2,(H,23,24)(H,25,29)/t16-/m1/s1. The van der Waals surface area contributed by atoms with Crippen LogP contribution < -0.4 is 10.2 Å². The van der Waals surface area contributed by atoms with Crippen molar-refractivity contribution in [3.05, 3.63) is 42.5 Å². The van der Waals surface area contributed by atoms with Crippen LogP contribution in [0.1, 0.15) is 31.5 Å². The maximum atomic E-state index is 12.6. The average Bonchev–Trinajstić information content (AvgIpc) is 3.47. The number of amides is 1. The monoisotopic (exact) mass is 408 g/mol. The van der Waals surface area contributed by atoms with Gasteiger partial charge in [-0.25, -0.2) is 4.98 Å². The summed E-state index contributed by atoms with van der Waals surface area (Å²) in [6.07, 6.45) is 7.65. The van der Waals surface area contributed by atoms with E-state index in [1.807, 2.05) is 24.3 Å². The molecule has 1 amide bonds. The fraction of sp³-hybridized carbons (Fsp3) is 0.500.